The van der Waals surface area contributed by atoms with Crippen LogP contribution in [0.3, 0.4) is 0 Å². The summed E-state index contributed by atoms with van der Waals surface area (Å²) in [6.07, 6.45) is 1.78. The number of hydrogen-bond acceptors (Lipinski definition) is 5. The third-order valence-electron chi connectivity index (χ3n) is 11.5. The first kappa shape index (κ1) is 31.6. The van der Waals surface area contributed by atoms with Crippen LogP contribution in [-0.4, -0.2) is 27.6 Å². The van der Waals surface area contributed by atoms with E-state index in [9.17, 15) is 24.6 Å². The maximum atomic E-state index is 14.5. The maximum absolute atomic E-state index is 14.5. The van der Waals surface area contributed by atoms with Crippen molar-refractivity contribution in [1.29, 1.82) is 0 Å². The van der Waals surface area contributed by atoms with Crippen LogP contribution >= 0.6 is 0 Å². The Morgan fingerprint density at radius 3 is 2.21 bits per heavy atom. The first-order chi connectivity index (χ1) is 22.7. The minimum absolute atomic E-state index is 0.0833. The number of carbonyl (C=O) groups is 3. The topological polar surface area (TPSA) is 91.7 Å². The Kier molecular flexibility index (Phi) is 7.24. The highest BCUT2D eigenvalue weighted by atomic mass is 16.3. The van der Waals surface area contributed by atoms with E-state index in [4.69, 9.17) is 0 Å². The van der Waals surface area contributed by atoms with E-state index in [0.717, 1.165) is 50.1 Å². The van der Waals surface area contributed by atoms with Crippen LogP contribution in [0.4, 0.5) is 0 Å². The molecule has 0 unspecified atom stereocenters. The van der Waals surface area contributed by atoms with Crippen LogP contribution in [0, 0.1) is 23.2 Å². The number of ketones is 3. The Balaban J connectivity index is 1.41. The first-order valence-corrected chi connectivity index (χ1v) is 16.6. The number of fused-ring (bicyclic) bond motifs is 4. The van der Waals surface area contributed by atoms with E-state index >= 15 is 0 Å². The lowest BCUT2D eigenvalue weighted by Crippen LogP contribution is -2.53. The average Bonchev–Trinajstić information content (AvgIpc) is 3.28. The predicted octanol–water partition coefficient (Wildman–Crippen LogP) is 8.91. The van der Waals surface area contributed by atoms with Crippen LogP contribution in [0.5, 0.6) is 5.75 Å². The molecule has 0 bridgehead atoms. The van der Waals surface area contributed by atoms with Gasteiger partial charge in [-0.05, 0) is 127 Å². The van der Waals surface area contributed by atoms with E-state index in [2.05, 4.69) is 25.8 Å². The van der Waals surface area contributed by atoms with Crippen LogP contribution in [0.25, 0.3) is 33.6 Å². The molecule has 1 fully saturated rings. The molecule has 1 saturated carbocycles. The van der Waals surface area contributed by atoms with Crippen LogP contribution in [-0.2, 0) is 27.2 Å². The Morgan fingerprint density at radius 2 is 1.58 bits per heavy atom. The van der Waals surface area contributed by atoms with E-state index in [1.807, 2.05) is 55.5 Å². The summed E-state index contributed by atoms with van der Waals surface area (Å²) in [5.74, 6) is -2.44. The summed E-state index contributed by atoms with van der Waals surface area (Å²) in [6, 6.07) is 18.1. The Bertz CT molecular complexity index is 2080. The first-order valence-electron chi connectivity index (χ1n) is 16.6. The van der Waals surface area contributed by atoms with E-state index in [1.165, 1.54) is 6.92 Å². The summed E-state index contributed by atoms with van der Waals surface area (Å²) in [6.45, 7) is 19.7. The van der Waals surface area contributed by atoms with Crippen molar-refractivity contribution < 1.29 is 24.6 Å². The second-order valence-corrected chi connectivity index (χ2v) is 14.4. The zero-order chi connectivity index (χ0) is 34.4. The minimum Gasteiger partial charge on any atom is -0.507 e. The third kappa shape index (κ3) is 4.40. The molecule has 48 heavy (non-hydrogen) atoms. The molecule has 2 N–H and O–H groups in total. The van der Waals surface area contributed by atoms with Crippen LogP contribution in [0.15, 0.2) is 91.1 Å². The normalized spacial score (nSPS) is 23.6. The Hall–Kier alpha value is -5.03. The standard InChI is InChI=1S/C43H40O5/c1-21(2)26-11-10-12-27(16-26)34-20-29(19-33-23(4)31-13-8-9-14-32(31)24(33)5)39(45)38-35(34)18-28-17-30-15-22(3)36(25(6)44)41(47)43(30,7)42(48)37(28)40(38)46/h8-14,16,20,28,30,33,45-46H,1,4-5,15,17-19H2,2-3,6-7H3/t28-,30-,43+/m0/s1. The van der Waals surface area contributed by atoms with E-state index < -0.39 is 17.0 Å². The van der Waals surface area contributed by atoms with Gasteiger partial charge in [0.2, 0.25) is 0 Å². The summed E-state index contributed by atoms with van der Waals surface area (Å²) in [4.78, 5) is 40.9. The lowest BCUT2D eigenvalue weighted by atomic mass is 9.52. The summed E-state index contributed by atoms with van der Waals surface area (Å²) < 4.78 is 0. The molecule has 4 aliphatic carbocycles. The number of rotatable bonds is 5. The molecular formula is C43H40O5. The summed E-state index contributed by atoms with van der Waals surface area (Å²) in [5, 5.41) is 24.2. The van der Waals surface area contributed by atoms with Crippen molar-refractivity contribution in [3.8, 4) is 16.9 Å². The number of benzene rings is 3. The molecule has 3 aromatic carbocycles. The second kappa shape index (κ2) is 11.0. The number of phenols is 1. The van der Waals surface area contributed by atoms with Crippen LogP contribution in [0.2, 0.25) is 0 Å². The van der Waals surface area contributed by atoms with Crippen molar-refractivity contribution in [3.63, 3.8) is 0 Å². The summed E-state index contributed by atoms with van der Waals surface area (Å²) in [7, 11) is 0. The van der Waals surface area contributed by atoms with Crippen LogP contribution in [0.1, 0.15) is 73.9 Å². The van der Waals surface area contributed by atoms with Crippen LogP contribution < -0.4 is 0 Å². The number of phenolic OH excluding ortho intramolecular Hbond substituents is 1. The zero-order valence-corrected chi connectivity index (χ0v) is 28.0. The lowest BCUT2D eigenvalue weighted by Gasteiger charge is -2.47. The molecule has 0 heterocycles. The number of hydrogen-bond donors (Lipinski definition) is 2. The summed E-state index contributed by atoms with van der Waals surface area (Å²) in [5.41, 5.74) is 8.72. The van der Waals surface area contributed by atoms with Gasteiger partial charge in [-0.2, -0.15) is 0 Å². The second-order valence-electron chi connectivity index (χ2n) is 14.4. The molecule has 242 valence electrons. The van der Waals surface area contributed by atoms with Gasteiger partial charge in [-0.1, -0.05) is 73.3 Å². The number of Topliss-reactive ketones (excluding diaryl/α,β-unsaturated/α-hetero) is 3. The molecule has 3 atom stereocenters. The zero-order valence-electron chi connectivity index (χ0n) is 28.0. The Morgan fingerprint density at radius 1 is 0.917 bits per heavy atom. The van der Waals surface area contributed by atoms with Gasteiger partial charge >= 0.3 is 0 Å². The number of allylic oxidation sites excluding steroid dienone is 6. The molecule has 0 amide bonds. The van der Waals surface area contributed by atoms with Gasteiger partial charge in [0.25, 0.3) is 0 Å². The maximum Gasteiger partial charge on any atom is 0.180 e. The molecule has 5 heteroatoms. The SMILES string of the molecule is C=C(C)c1cccc(-c2cc(CC3C(=C)c4ccccc4C3=C)c(O)c3c2C[C@@H]2C[C@@H]4CC(C)=C(C(C)=O)C(=O)[C@]4(C)C(=O)C2=C3O)c1. The molecular weight excluding hydrogens is 596 g/mol. The lowest BCUT2D eigenvalue weighted by molar-refractivity contribution is -0.143. The number of aromatic hydroxyl groups is 1. The molecule has 7 rings (SSSR count). The van der Waals surface area contributed by atoms with Gasteiger partial charge in [-0.25, -0.2) is 0 Å². The van der Waals surface area contributed by atoms with Crippen molar-refractivity contribution in [3.05, 3.63) is 124 Å². The predicted molar refractivity (Wildman–Crippen MR) is 191 cm³/mol. The fourth-order valence-electron chi connectivity index (χ4n) is 8.87. The van der Waals surface area contributed by atoms with Gasteiger partial charge in [0.15, 0.2) is 17.3 Å². The largest absolute Gasteiger partial charge is 0.507 e. The van der Waals surface area contributed by atoms with E-state index in [0.29, 0.717) is 36.8 Å². The smallest absolute Gasteiger partial charge is 0.180 e. The summed E-state index contributed by atoms with van der Waals surface area (Å²) >= 11 is 0. The highest BCUT2D eigenvalue weighted by molar-refractivity contribution is 6.31. The van der Waals surface area contributed by atoms with Crippen molar-refractivity contribution >= 4 is 39.8 Å². The van der Waals surface area contributed by atoms with Gasteiger partial charge < -0.3 is 10.2 Å². The van der Waals surface area contributed by atoms with Crippen molar-refractivity contribution in [1.82, 2.24) is 0 Å². The van der Waals surface area contributed by atoms with Crippen molar-refractivity contribution in [2.45, 2.75) is 53.4 Å². The highest BCUT2D eigenvalue weighted by Crippen LogP contribution is 2.57. The monoisotopic (exact) mass is 636 g/mol. The molecule has 0 saturated heterocycles. The molecule has 0 aromatic heterocycles. The number of carbonyl (C=O) groups excluding carboxylic acids is 3. The van der Waals surface area contributed by atoms with E-state index in [1.54, 1.807) is 13.8 Å². The molecule has 5 nitrogen and oxygen atoms in total. The molecule has 0 aliphatic heterocycles. The minimum atomic E-state index is -1.46. The third-order valence-corrected chi connectivity index (χ3v) is 11.5. The Labute approximate surface area is 281 Å². The van der Waals surface area contributed by atoms with Gasteiger partial charge in [0.05, 0.1) is 16.6 Å². The average molecular weight is 637 g/mol. The fourth-order valence-corrected chi connectivity index (χ4v) is 8.87. The van der Waals surface area contributed by atoms with Crippen molar-refractivity contribution in [2.75, 3.05) is 0 Å². The number of aliphatic hydroxyl groups excluding tert-OH is 1. The van der Waals surface area contributed by atoms with Gasteiger partial charge in [0, 0.05) is 11.5 Å². The number of aliphatic hydroxyl groups is 1. The quantitative estimate of drug-likeness (QED) is 0.216. The highest BCUT2D eigenvalue weighted by Gasteiger charge is 2.58. The molecule has 0 radical (unpaired) electrons. The van der Waals surface area contributed by atoms with Crippen molar-refractivity contribution in [2.24, 2.45) is 23.2 Å². The van der Waals surface area contributed by atoms with Gasteiger partial charge in [-0.3, -0.25) is 14.4 Å². The van der Waals surface area contributed by atoms with Gasteiger partial charge in [0.1, 0.15) is 11.5 Å². The molecule has 3 aromatic rings. The molecule has 0 spiro atoms. The fraction of sp³-hybridized carbons (Fsp3) is 0.279. The van der Waals surface area contributed by atoms with E-state index in [-0.39, 0.29) is 51.8 Å². The van der Waals surface area contributed by atoms with Gasteiger partial charge in [-0.15, -0.1) is 0 Å². The molecule has 4 aliphatic rings.